The summed E-state index contributed by atoms with van der Waals surface area (Å²) >= 11 is 9.31. The average Bonchev–Trinajstić information content (AvgIpc) is 2.60. The molecule has 5 heteroatoms. The Bertz CT molecular complexity index is 416. The van der Waals surface area contributed by atoms with Crippen LogP contribution in [0, 0.1) is 5.82 Å². The number of benzene rings is 1. The maximum Gasteiger partial charge on any atom is 0.141 e. The lowest BCUT2D eigenvalue weighted by Gasteiger charge is -2.21. The zero-order valence-electron chi connectivity index (χ0n) is 10.9. The molecule has 1 aromatic rings. The van der Waals surface area contributed by atoms with Gasteiger partial charge in [0.2, 0.25) is 0 Å². The fraction of sp³-hybridized carbons (Fsp3) is 0.571. The van der Waals surface area contributed by atoms with Gasteiger partial charge in [-0.1, -0.05) is 33.6 Å². The zero-order chi connectivity index (χ0) is 13.7. The van der Waals surface area contributed by atoms with Crippen molar-refractivity contribution in [3.05, 3.63) is 34.6 Å². The van der Waals surface area contributed by atoms with E-state index >= 15 is 0 Å². The first kappa shape index (κ1) is 15.2. The van der Waals surface area contributed by atoms with Gasteiger partial charge in [-0.15, -0.1) is 0 Å². The summed E-state index contributed by atoms with van der Waals surface area (Å²) in [6.07, 6.45) is 1.18. The highest BCUT2D eigenvalue weighted by Gasteiger charge is 2.14. The number of hydrogen-bond donors (Lipinski definition) is 0. The van der Waals surface area contributed by atoms with E-state index < -0.39 is 0 Å². The highest BCUT2D eigenvalue weighted by molar-refractivity contribution is 9.09. The van der Waals surface area contributed by atoms with E-state index in [1.807, 2.05) is 6.07 Å². The lowest BCUT2D eigenvalue weighted by molar-refractivity contribution is 0.258. The fourth-order valence-electron chi connectivity index (χ4n) is 2.42. The quantitative estimate of drug-likeness (QED) is 0.769. The topological polar surface area (TPSA) is 6.48 Å². The maximum absolute atomic E-state index is 13.1. The maximum atomic E-state index is 13.1. The van der Waals surface area contributed by atoms with Gasteiger partial charge in [0.15, 0.2) is 0 Å². The first-order valence-corrected chi connectivity index (χ1v) is 8.13. The van der Waals surface area contributed by atoms with Crippen LogP contribution < -0.4 is 0 Å². The monoisotopic (exact) mass is 348 g/mol. The summed E-state index contributed by atoms with van der Waals surface area (Å²) in [7, 11) is 0. The summed E-state index contributed by atoms with van der Waals surface area (Å²) in [6, 6.07) is 5.01. The van der Waals surface area contributed by atoms with Gasteiger partial charge in [0.05, 0.1) is 5.02 Å². The molecule has 0 unspecified atom stereocenters. The Kier molecular flexibility index (Phi) is 6.07. The molecule has 2 rings (SSSR count). The zero-order valence-corrected chi connectivity index (χ0v) is 13.3. The summed E-state index contributed by atoms with van der Waals surface area (Å²) in [4.78, 5) is 4.89. The molecule has 0 aliphatic carbocycles. The van der Waals surface area contributed by atoms with Gasteiger partial charge in [0.25, 0.3) is 0 Å². The normalized spacial score (nSPS) is 18.5. The summed E-state index contributed by atoms with van der Waals surface area (Å²) in [5, 5.41) is 1.24. The molecule has 0 radical (unpaired) electrons. The van der Waals surface area contributed by atoms with E-state index in [-0.39, 0.29) is 10.8 Å². The Morgan fingerprint density at radius 1 is 1.16 bits per heavy atom. The summed E-state index contributed by atoms with van der Waals surface area (Å²) in [5.41, 5.74) is 1.08. The molecule has 1 saturated heterocycles. The number of alkyl halides is 1. The van der Waals surface area contributed by atoms with E-state index in [9.17, 15) is 4.39 Å². The van der Waals surface area contributed by atoms with E-state index in [0.29, 0.717) is 0 Å². The largest absolute Gasteiger partial charge is 0.301 e. The third-order valence-electron chi connectivity index (χ3n) is 3.47. The van der Waals surface area contributed by atoms with E-state index in [4.69, 9.17) is 11.6 Å². The summed E-state index contributed by atoms with van der Waals surface area (Å²) < 4.78 is 13.1. The summed E-state index contributed by atoms with van der Waals surface area (Å²) in [6.45, 7) is 6.36. The molecule has 1 aliphatic rings. The van der Waals surface area contributed by atoms with Crippen molar-refractivity contribution < 1.29 is 4.39 Å². The highest BCUT2D eigenvalue weighted by Crippen LogP contribution is 2.17. The van der Waals surface area contributed by atoms with E-state index in [2.05, 4.69) is 25.7 Å². The van der Waals surface area contributed by atoms with Crippen LogP contribution in [-0.2, 0) is 6.54 Å². The minimum absolute atomic E-state index is 0.216. The minimum atomic E-state index is -0.343. The molecule has 0 N–H and O–H groups in total. The molecule has 0 bridgehead atoms. The molecule has 0 spiro atoms. The van der Waals surface area contributed by atoms with Crippen molar-refractivity contribution in [2.45, 2.75) is 13.0 Å². The van der Waals surface area contributed by atoms with Gasteiger partial charge in [-0.25, -0.2) is 4.39 Å². The Morgan fingerprint density at radius 2 is 1.89 bits per heavy atom. The molecule has 106 valence electrons. The molecule has 0 atom stereocenters. The minimum Gasteiger partial charge on any atom is -0.301 e. The number of rotatable bonds is 4. The molecule has 0 amide bonds. The van der Waals surface area contributed by atoms with Crippen LogP contribution in [0.15, 0.2) is 18.2 Å². The first-order chi connectivity index (χ1) is 9.19. The second-order valence-electron chi connectivity index (χ2n) is 4.91. The lowest BCUT2D eigenvalue weighted by atomic mass is 10.2. The Morgan fingerprint density at radius 3 is 2.63 bits per heavy atom. The van der Waals surface area contributed by atoms with Crippen molar-refractivity contribution >= 4 is 27.5 Å². The second-order valence-corrected chi connectivity index (χ2v) is 6.11. The van der Waals surface area contributed by atoms with Crippen molar-refractivity contribution in [1.29, 1.82) is 0 Å². The van der Waals surface area contributed by atoms with E-state index in [0.717, 1.165) is 50.2 Å². The molecule has 19 heavy (non-hydrogen) atoms. The van der Waals surface area contributed by atoms with Crippen molar-refractivity contribution in [2.24, 2.45) is 0 Å². The van der Waals surface area contributed by atoms with Gasteiger partial charge in [-0.05, 0) is 37.2 Å². The van der Waals surface area contributed by atoms with Crippen LogP contribution in [-0.4, -0.2) is 47.9 Å². The van der Waals surface area contributed by atoms with Crippen LogP contribution in [0.2, 0.25) is 5.02 Å². The molecule has 0 aromatic heterocycles. The van der Waals surface area contributed by atoms with Crippen LogP contribution in [0.25, 0.3) is 0 Å². The van der Waals surface area contributed by atoms with Crippen molar-refractivity contribution in [2.75, 3.05) is 38.1 Å². The van der Waals surface area contributed by atoms with Gasteiger partial charge < -0.3 is 4.90 Å². The second kappa shape index (κ2) is 7.58. The van der Waals surface area contributed by atoms with Crippen molar-refractivity contribution in [3.63, 3.8) is 0 Å². The molecular weight excluding hydrogens is 331 g/mol. The number of hydrogen-bond acceptors (Lipinski definition) is 2. The third kappa shape index (κ3) is 4.71. The molecule has 1 aromatic carbocycles. The molecule has 1 aliphatic heterocycles. The number of halogens is 3. The predicted molar refractivity (Wildman–Crippen MR) is 81.5 cm³/mol. The van der Waals surface area contributed by atoms with Gasteiger partial charge in [-0.3, -0.25) is 4.90 Å². The Balaban J connectivity index is 1.90. The lowest BCUT2D eigenvalue weighted by Crippen LogP contribution is -2.31. The van der Waals surface area contributed by atoms with Crippen molar-refractivity contribution in [3.8, 4) is 0 Å². The van der Waals surface area contributed by atoms with E-state index in [1.165, 1.54) is 12.5 Å². The Hall–Kier alpha value is -0.160. The van der Waals surface area contributed by atoms with Crippen LogP contribution in [0.1, 0.15) is 12.0 Å². The smallest absolute Gasteiger partial charge is 0.141 e. The SMILES string of the molecule is Fc1ccc(CN2CCCN(CCBr)CC2)cc1Cl. The van der Waals surface area contributed by atoms with Gasteiger partial charge >= 0.3 is 0 Å². The van der Waals surface area contributed by atoms with Crippen LogP contribution in [0.5, 0.6) is 0 Å². The van der Waals surface area contributed by atoms with Crippen molar-refractivity contribution in [1.82, 2.24) is 9.80 Å². The van der Waals surface area contributed by atoms with Gasteiger partial charge in [0, 0.05) is 31.5 Å². The van der Waals surface area contributed by atoms with Gasteiger partial charge in [0.1, 0.15) is 5.82 Å². The highest BCUT2D eigenvalue weighted by atomic mass is 79.9. The standard InChI is InChI=1S/C14H19BrClFN2/c15-4-7-18-5-1-6-19(9-8-18)11-12-2-3-14(17)13(16)10-12/h2-3,10H,1,4-9,11H2. The first-order valence-electron chi connectivity index (χ1n) is 6.63. The van der Waals surface area contributed by atoms with Crippen LogP contribution >= 0.6 is 27.5 Å². The van der Waals surface area contributed by atoms with Gasteiger partial charge in [-0.2, -0.15) is 0 Å². The third-order valence-corrected chi connectivity index (χ3v) is 4.12. The summed E-state index contributed by atoms with van der Waals surface area (Å²) in [5.74, 6) is -0.343. The van der Waals surface area contributed by atoms with Crippen LogP contribution in [0.3, 0.4) is 0 Å². The predicted octanol–water partition coefficient (Wildman–Crippen LogP) is 3.38. The molecule has 1 fully saturated rings. The molecule has 2 nitrogen and oxygen atoms in total. The molecule has 1 heterocycles. The Labute approximate surface area is 127 Å². The number of nitrogens with zero attached hydrogens (tertiary/aromatic N) is 2. The fourth-order valence-corrected chi connectivity index (χ4v) is 3.13. The average molecular weight is 350 g/mol. The van der Waals surface area contributed by atoms with E-state index in [1.54, 1.807) is 6.07 Å². The molecular formula is C14H19BrClFN2. The van der Waals surface area contributed by atoms with Crippen LogP contribution in [0.4, 0.5) is 4.39 Å². The molecule has 0 saturated carbocycles.